The van der Waals surface area contributed by atoms with Crippen LogP contribution in [0.4, 0.5) is 5.95 Å². The average Bonchev–Trinajstić information content (AvgIpc) is 3.57. The van der Waals surface area contributed by atoms with Crippen LogP contribution in [0.3, 0.4) is 0 Å². The van der Waals surface area contributed by atoms with E-state index in [2.05, 4.69) is 20.6 Å². The number of nitrogens with zero attached hydrogens (tertiary/aromatic N) is 2. The molecule has 1 saturated carbocycles. The fraction of sp³-hybridized carbons (Fsp3) is 0.227. The number of aliphatic hydroxyl groups is 1. The van der Waals surface area contributed by atoms with Gasteiger partial charge in [-0.05, 0) is 42.7 Å². The highest BCUT2D eigenvalue weighted by atomic mass is 35.5. The van der Waals surface area contributed by atoms with E-state index in [1.54, 1.807) is 54.7 Å². The van der Waals surface area contributed by atoms with Crippen LogP contribution in [-0.2, 0) is 0 Å². The number of aliphatic hydroxyl groups excluding tert-OH is 1. The Balaban J connectivity index is 1.49. The van der Waals surface area contributed by atoms with Gasteiger partial charge in [0.1, 0.15) is 0 Å². The van der Waals surface area contributed by atoms with Crippen LogP contribution in [0.25, 0.3) is 11.3 Å². The maximum atomic E-state index is 12.7. The highest BCUT2D eigenvalue weighted by Gasteiger charge is 2.22. The second-order valence-corrected chi connectivity index (χ2v) is 7.99. The van der Waals surface area contributed by atoms with Crippen LogP contribution < -0.4 is 10.6 Å². The Hall–Kier alpha value is -2.67. The summed E-state index contributed by atoms with van der Waals surface area (Å²) in [6.45, 7) is -0.239. The summed E-state index contributed by atoms with van der Waals surface area (Å²) in [6.07, 6.45) is 3.82. The first kappa shape index (κ1) is 20.6. The van der Waals surface area contributed by atoms with Crippen LogP contribution in [0.1, 0.15) is 34.8 Å². The van der Waals surface area contributed by atoms with Crippen LogP contribution in [0.5, 0.6) is 0 Å². The van der Waals surface area contributed by atoms with E-state index in [1.165, 1.54) is 0 Å². The Bertz CT molecular complexity index is 1060. The van der Waals surface area contributed by atoms with Gasteiger partial charge in [0.05, 0.1) is 29.6 Å². The lowest BCUT2D eigenvalue weighted by Crippen LogP contribution is -2.30. The Morgan fingerprint density at radius 1 is 1.17 bits per heavy atom. The number of benzene rings is 2. The Morgan fingerprint density at radius 3 is 2.60 bits per heavy atom. The molecule has 0 bridgehead atoms. The van der Waals surface area contributed by atoms with Gasteiger partial charge in [-0.3, -0.25) is 4.79 Å². The molecular weight excluding hydrogens is 423 g/mol. The van der Waals surface area contributed by atoms with Crippen molar-refractivity contribution >= 4 is 35.1 Å². The summed E-state index contributed by atoms with van der Waals surface area (Å²) in [5.74, 6) is 0.247. The molecule has 1 aromatic heterocycles. The molecule has 1 amide bonds. The lowest BCUT2D eigenvalue weighted by atomic mass is 10.1. The smallest absolute Gasteiger partial charge is 0.251 e. The number of halogens is 2. The predicted molar refractivity (Wildman–Crippen MR) is 118 cm³/mol. The molecule has 3 N–H and O–H groups in total. The Morgan fingerprint density at radius 2 is 1.93 bits per heavy atom. The fourth-order valence-electron chi connectivity index (χ4n) is 3.03. The first-order chi connectivity index (χ1) is 14.5. The second-order valence-electron chi connectivity index (χ2n) is 7.15. The van der Waals surface area contributed by atoms with Crippen molar-refractivity contribution in [3.63, 3.8) is 0 Å². The number of aromatic nitrogens is 2. The van der Waals surface area contributed by atoms with Crippen LogP contribution in [0.15, 0.2) is 54.7 Å². The van der Waals surface area contributed by atoms with Crippen molar-refractivity contribution in [3.8, 4) is 11.3 Å². The largest absolute Gasteiger partial charge is 0.394 e. The molecule has 3 aromatic rings. The molecule has 1 fully saturated rings. The topological polar surface area (TPSA) is 87.1 Å². The maximum absolute atomic E-state index is 12.7. The Kier molecular flexibility index (Phi) is 6.18. The van der Waals surface area contributed by atoms with Crippen molar-refractivity contribution < 1.29 is 9.90 Å². The highest BCUT2D eigenvalue weighted by Crippen LogP contribution is 2.29. The van der Waals surface area contributed by atoms with E-state index < -0.39 is 6.04 Å². The lowest BCUT2D eigenvalue weighted by Gasteiger charge is -2.17. The van der Waals surface area contributed by atoms with E-state index in [-0.39, 0.29) is 12.5 Å². The van der Waals surface area contributed by atoms with Crippen molar-refractivity contribution in [2.45, 2.75) is 24.9 Å². The summed E-state index contributed by atoms with van der Waals surface area (Å²) in [6, 6.07) is 13.9. The first-order valence-corrected chi connectivity index (χ1v) is 10.4. The van der Waals surface area contributed by atoms with Gasteiger partial charge < -0.3 is 15.7 Å². The molecule has 1 atom stereocenters. The van der Waals surface area contributed by atoms with Crippen LogP contribution in [0, 0.1) is 0 Å². The van der Waals surface area contributed by atoms with Crippen molar-refractivity contribution in [2.75, 3.05) is 11.9 Å². The van der Waals surface area contributed by atoms with Crippen molar-refractivity contribution in [1.82, 2.24) is 15.3 Å². The summed E-state index contributed by atoms with van der Waals surface area (Å²) in [5.41, 5.74) is 2.58. The minimum Gasteiger partial charge on any atom is -0.394 e. The quantitative estimate of drug-likeness (QED) is 0.501. The zero-order chi connectivity index (χ0) is 21.1. The van der Waals surface area contributed by atoms with Crippen LogP contribution in [0.2, 0.25) is 10.0 Å². The monoisotopic (exact) mass is 442 g/mol. The van der Waals surface area contributed by atoms with E-state index in [0.29, 0.717) is 33.3 Å². The molecule has 1 aliphatic carbocycles. The molecule has 0 unspecified atom stereocenters. The number of carbonyl (C=O) groups is 1. The van der Waals surface area contributed by atoms with Gasteiger partial charge in [-0.25, -0.2) is 9.97 Å². The first-order valence-electron chi connectivity index (χ1n) is 9.60. The molecule has 0 saturated heterocycles. The molecule has 1 heterocycles. The van der Waals surface area contributed by atoms with Gasteiger partial charge in [-0.2, -0.15) is 0 Å². The number of rotatable bonds is 7. The molecule has 4 rings (SSSR count). The number of nitrogens with one attached hydrogen (secondary N) is 2. The van der Waals surface area contributed by atoms with Gasteiger partial charge in [0.25, 0.3) is 5.91 Å². The summed E-state index contributed by atoms with van der Waals surface area (Å²) < 4.78 is 0. The zero-order valence-corrected chi connectivity index (χ0v) is 17.5. The minimum absolute atomic E-state index is 0.239. The lowest BCUT2D eigenvalue weighted by molar-refractivity contribution is 0.0916. The van der Waals surface area contributed by atoms with Gasteiger partial charge in [-0.1, -0.05) is 47.5 Å². The van der Waals surface area contributed by atoms with Crippen molar-refractivity contribution in [1.29, 1.82) is 0 Å². The van der Waals surface area contributed by atoms with Gasteiger partial charge in [0, 0.05) is 22.2 Å². The van der Waals surface area contributed by atoms with Crippen molar-refractivity contribution in [3.05, 3.63) is 75.9 Å². The third kappa shape index (κ3) is 4.90. The van der Waals surface area contributed by atoms with Crippen LogP contribution in [-0.4, -0.2) is 33.6 Å². The summed E-state index contributed by atoms with van der Waals surface area (Å²) in [7, 11) is 0. The fourth-order valence-corrected chi connectivity index (χ4v) is 3.43. The van der Waals surface area contributed by atoms with Gasteiger partial charge >= 0.3 is 0 Å². The molecule has 1 aliphatic rings. The maximum Gasteiger partial charge on any atom is 0.251 e. The standard InChI is InChI=1S/C22H20Cl2N4O2/c23-16-3-1-2-15(10-16)19(12-29)27-21(30)14-6-4-13(5-7-14)20-18(24)11-25-22(28-20)26-17-8-9-17/h1-7,10-11,17,19,29H,8-9,12H2,(H,27,30)(H,25,26,28)/t19-/m1/s1. The molecule has 154 valence electrons. The third-order valence-electron chi connectivity index (χ3n) is 4.81. The predicted octanol–water partition coefficient (Wildman–Crippen LogP) is 4.49. The average molecular weight is 443 g/mol. The SMILES string of the molecule is O=C(N[C@H](CO)c1cccc(Cl)c1)c1ccc(-c2nc(NC3CC3)ncc2Cl)cc1. The van der Waals surface area contributed by atoms with Crippen LogP contribution >= 0.6 is 23.2 Å². The Labute approximate surface area is 184 Å². The number of hydrogen-bond donors (Lipinski definition) is 3. The number of hydrogen-bond acceptors (Lipinski definition) is 5. The number of anilines is 1. The number of amides is 1. The molecule has 30 heavy (non-hydrogen) atoms. The second kappa shape index (κ2) is 9.00. The summed E-state index contributed by atoms with van der Waals surface area (Å²) >= 11 is 12.3. The van der Waals surface area contributed by atoms with Gasteiger partial charge in [0.15, 0.2) is 0 Å². The third-order valence-corrected chi connectivity index (χ3v) is 5.33. The molecule has 0 radical (unpaired) electrons. The van der Waals surface area contributed by atoms with E-state index in [0.717, 1.165) is 24.0 Å². The van der Waals surface area contributed by atoms with E-state index >= 15 is 0 Å². The van der Waals surface area contributed by atoms with Gasteiger partial charge in [-0.15, -0.1) is 0 Å². The van der Waals surface area contributed by atoms with Gasteiger partial charge in [0.2, 0.25) is 5.95 Å². The minimum atomic E-state index is -0.553. The molecule has 0 aliphatic heterocycles. The zero-order valence-electron chi connectivity index (χ0n) is 16.0. The molecular formula is C22H20Cl2N4O2. The van der Waals surface area contributed by atoms with E-state index in [1.807, 2.05) is 0 Å². The van der Waals surface area contributed by atoms with Crippen molar-refractivity contribution in [2.24, 2.45) is 0 Å². The molecule has 0 spiro atoms. The molecule has 8 heteroatoms. The highest BCUT2D eigenvalue weighted by molar-refractivity contribution is 6.33. The summed E-state index contributed by atoms with van der Waals surface area (Å²) in [4.78, 5) is 21.4. The van der Waals surface area contributed by atoms with E-state index in [4.69, 9.17) is 23.2 Å². The summed E-state index contributed by atoms with van der Waals surface area (Å²) in [5, 5.41) is 16.8. The molecule has 6 nitrogen and oxygen atoms in total. The number of carbonyl (C=O) groups excluding carboxylic acids is 1. The molecule has 2 aromatic carbocycles. The van der Waals surface area contributed by atoms with E-state index in [9.17, 15) is 9.90 Å². The normalized spacial score (nSPS) is 14.2.